The Labute approximate surface area is 162 Å². The fourth-order valence-corrected chi connectivity index (χ4v) is 4.10. The predicted molar refractivity (Wildman–Crippen MR) is 101 cm³/mol. The molecule has 0 saturated heterocycles. The van der Waals surface area contributed by atoms with Crippen molar-refractivity contribution in [3.63, 3.8) is 0 Å². The highest BCUT2D eigenvalue weighted by molar-refractivity contribution is 7.16. The summed E-state index contributed by atoms with van der Waals surface area (Å²) in [4.78, 5) is 15.9. The molecule has 9 nitrogen and oxygen atoms in total. The molecule has 0 amide bonds. The van der Waals surface area contributed by atoms with Crippen molar-refractivity contribution in [2.75, 3.05) is 16.8 Å². The first-order valence-electron chi connectivity index (χ1n) is 8.61. The van der Waals surface area contributed by atoms with E-state index < -0.39 is 5.82 Å². The Bertz CT molecular complexity index is 1120. The number of nitrogens with zero attached hydrogens (tertiary/aromatic N) is 6. The summed E-state index contributed by atoms with van der Waals surface area (Å²) < 4.78 is 18.2. The number of hydrogen-bond donors (Lipinski definition) is 2. The van der Waals surface area contributed by atoms with Gasteiger partial charge in [-0.05, 0) is 6.92 Å². The lowest BCUT2D eigenvalue weighted by Gasteiger charge is -2.20. The minimum absolute atomic E-state index is 0.306. The lowest BCUT2D eigenvalue weighted by Crippen LogP contribution is -2.25. The molecule has 0 aliphatic carbocycles. The molecule has 0 fully saturated rings. The van der Waals surface area contributed by atoms with Crippen LogP contribution in [-0.2, 0) is 13.0 Å². The highest BCUT2D eigenvalue weighted by atomic mass is 32.1. The molecule has 4 aromatic heterocycles. The van der Waals surface area contributed by atoms with E-state index >= 15 is 0 Å². The van der Waals surface area contributed by atoms with E-state index in [0.29, 0.717) is 17.6 Å². The Morgan fingerprint density at radius 1 is 1.32 bits per heavy atom. The van der Waals surface area contributed by atoms with E-state index in [0.717, 1.165) is 58.8 Å². The minimum Gasteiger partial charge on any atom is -0.361 e. The van der Waals surface area contributed by atoms with Crippen LogP contribution >= 0.6 is 11.3 Å². The molecule has 142 valence electrons. The number of nitrogens with one attached hydrogen (secondary N) is 2. The van der Waals surface area contributed by atoms with Crippen molar-refractivity contribution >= 4 is 28.2 Å². The number of aromatic nitrogens is 6. The molecule has 5 heterocycles. The van der Waals surface area contributed by atoms with Crippen LogP contribution in [0.2, 0.25) is 0 Å². The molecule has 0 radical (unpaired) electrons. The molecule has 11 heteroatoms. The van der Waals surface area contributed by atoms with Crippen molar-refractivity contribution in [2.45, 2.75) is 19.9 Å². The number of fused-ring (bicyclic) bond motifs is 3. The molecule has 2 N–H and O–H groups in total. The molecular formula is C17H15FN8OS. The van der Waals surface area contributed by atoms with Crippen molar-refractivity contribution in [1.82, 2.24) is 30.3 Å². The van der Waals surface area contributed by atoms with Crippen molar-refractivity contribution in [3.8, 4) is 11.3 Å². The Balaban J connectivity index is 1.43. The second kappa shape index (κ2) is 6.68. The maximum absolute atomic E-state index is 13.0. The molecule has 4 aromatic rings. The maximum Gasteiger partial charge on any atom is 0.229 e. The third-order valence-electron chi connectivity index (χ3n) is 4.37. The highest BCUT2D eigenvalue weighted by Crippen LogP contribution is 2.39. The van der Waals surface area contributed by atoms with E-state index in [1.807, 2.05) is 13.0 Å². The number of rotatable bonds is 4. The van der Waals surface area contributed by atoms with Gasteiger partial charge in [-0.15, -0.1) is 11.3 Å². The average Bonchev–Trinajstić information content (AvgIpc) is 3.39. The average molecular weight is 398 g/mol. The number of H-pyrrole nitrogens is 1. The lowest BCUT2D eigenvalue weighted by molar-refractivity contribution is 0.390. The van der Waals surface area contributed by atoms with Crippen molar-refractivity contribution < 1.29 is 8.91 Å². The monoisotopic (exact) mass is 398 g/mol. The van der Waals surface area contributed by atoms with Crippen molar-refractivity contribution in [1.29, 1.82) is 0 Å². The summed E-state index contributed by atoms with van der Waals surface area (Å²) in [7, 11) is 0. The summed E-state index contributed by atoms with van der Waals surface area (Å²) in [5.41, 5.74) is 2.67. The van der Waals surface area contributed by atoms with E-state index in [1.165, 1.54) is 11.3 Å². The van der Waals surface area contributed by atoms with Crippen molar-refractivity contribution in [3.05, 3.63) is 46.8 Å². The second-order valence-electron chi connectivity index (χ2n) is 6.37. The lowest BCUT2D eigenvalue weighted by atomic mass is 10.2. The number of aromatic amines is 1. The molecule has 1 aliphatic heterocycles. The van der Waals surface area contributed by atoms with Crippen LogP contribution in [0.15, 0.2) is 29.2 Å². The van der Waals surface area contributed by atoms with E-state index in [1.54, 1.807) is 6.20 Å². The van der Waals surface area contributed by atoms with E-state index in [9.17, 15) is 4.39 Å². The number of anilines is 3. The van der Waals surface area contributed by atoms with Crippen LogP contribution in [0.3, 0.4) is 0 Å². The standard InChI is InChI=1S/C17H15FN8OS/c1-9-4-11(25-27-9)8-26-3-2-13-14(12-7-21-24-15(12)26)22-17(28-13)23-16-19-5-10(18)6-20-16/h4-7H,2-3,8H2,1H3,(H,21,24)(H,19,20,22,23). The first-order chi connectivity index (χ1) is 13.7. The van der Waals surface area contributed by atoms with E-state index in [-0.39, 0.29) is 0 Å². The summed E-state index contributed by atoms with van der Waals surface area (Å²) in [5.74, 6) is 1.51. The van der Waals surface area contributed by atoms with Gasteiger partial charge in [0.1, 0.15) is 17.3 Å². The Morgan fingerprint density at radius 2 is 2.18 bits per heavy atom. The topological polar surface area (TPSA) is 109 Å². The first-order valence-corrected chi connectivity index (χ1v) is 9.42. The Kier molecular flexibility index (Phi) is 4.01. The van der Waals surface area contributed by atoms with Crippen LogP contribution in [0.5, 0.6) is 0 Å². The van der Waals surface area contributed by atoms with Gasteiger partial charge in [-0.2, -0.15) is 5.10 Å². The van der Waals surface area contributed by atoms with Gasteiger partial charge in [-0.25, -0.2) is 19.3 Å². The van der Waals surface area contributed by atoms with Gasteiger partial charge in [0, 0.05) is 23.9 Å². The fraction of sp³-hybridized carbons (Fsp3) is 0.235. The number of hydrogen-bond acceptors (Lipinski definition) is 9. The molecule has 0 spiro atoms. The van der Waals surface area contributed by atoms with Crippen LogP contribution in [0, 0.1) is 12.7 Å². The molecule has 0 saturated carbocycles. The van der Waals surface area contributed by atoms with E-state index in [2.05, 4.69) is 35.5 Å². The zero-order chi connectivity index (χ0) is 19.1. The van der Waals surface area contributed by atoms with Crippen LogP contribution < -0.4 is 10.2 Å². The summed E-state index contributed by atoms with van der Waals surface area (Å²) in [5, 5.41) is 15.1. The van der Waals surface area contributed by atoms with Crippen LogP contribution in [0.4, 0.5) is 21.3 Å². The van der Waals surface area contributed by atoms with Gasteiger partial charge in [0.2, 0.25) is 5.95 Å². The molecule has 1 aliphatic rings. The zero-order valence-electron chi connectivity index (χ0n) is 14.8. The summed E-state index contributed by atoms with van der Waals surface area (Å²) >= 11 is 1.53. The third kappa shape index (κ3) is 3.09. The van der Waals surface area contributed by atoms with Gasteiger partial charge in [-0.1, -0.05) is 5.16 Å². The minimum atomic E-state index is -0.481. The largest absolute Gasteiger partial charge is 0.361 e. The molecular weight excluding hydrogens is 383 g/mol. The molecule has 0 aromatic carbocycles. The van der Waals surface area contributed by atoms with Gasteiger partial charge in [0.05, 0.1) is 36.4 Å². The molecule has 0 unspecified atom stereocenters. The number of thiazole rings is 1. The van der Waals surface area contributed by atoms with Gasteiger partial charge < -0.3 is 14.7 Å². The zero-order valence-corrected chi connectivity index (χ0v) is 15.6. The Morgan fingerprint density at radius 3 is 2.96 bits per heavy atom. The Hall–Kier alpha value is -3.34. The smallest absolute Gasteiger partial charge is 0.229 e. The second-order valence-corrected chi connectivity index (χ2v) is 7.46. The summed E-state index contributed by atoms with van der Waals surface area (Å²) in [6, 6.07) is 1.93. The quantitative estimate of drug-likeness (QED) is 0.540. The molecule has 28 heavy (non-hydrogen) atoms. The van der Waals surface area contributed by atoms with Gasteiger partial charge in [0.25, 0.3) is 0 Å². The van der Waals surface area contributed by atoms with Crippen LogP contribution in [-0.4, -0.2) is 36.9 Å². The normalized spacial score (nSPS) is 13.1. The fourth-order valence-electron chi connectivity index (χ4n) is 3.15. The van der Waals surface area contributed by atoms with Crippen LogP contribution in [0.25, 0.3) is 11.3 Å². The van der Waals surface area contributed by atoms with Crippen molar-refractivity contribution in [2.24, 2.45) is 0 Å². The van der Waals surface area contributed by atoms with Gasteiger partial charge >= 0.3 is 0 Å². The summed E-state index contributed by atoms with van der Waals surface area (Å²) in [6.07, 6.45) is 4.83. The molecule has 5 rings (SSSR count). The predicted octanol–water partition coefficient (Wildman–Crippen LogP) is 3.07. The van der Waals surface area contributed by atoms with Crippen LogP contribution in [0.1, 0.15) is 16.3 Å². The number of aryl methyl sites for hydroxylation is 1. The summed E-state index contributed by atoms with van der Waals surface area (Å²) in [6.45, 7) is 3.28. The van der Waals surface area contributed by atoms with Gasteiger partial charge in [0.15, 0.2) is 10.9 Å². The molecule has 0 bridgehead atoms. The first kappa shape index (κ1) is 16.8. The van der Waals surface area contributed by atoms with E-state index in [4.69, 9.17) is 9.51 Å². The third-order valence-corrected chi connectivity index (χ3v) is 5.40. The maximum atomic E-state index is 13.0. The van der Waals surface area contributed by atoms with Gasteiger partial charge in [-0.3, -0.25) is 5.10 Å². The highest BCUT2D eigenvalue weighted by Gasteiger charge is 2.26. The molecule has 0 atom stereocenters. The SMILES string of the molecule is Cc1cc(CN2CCc3sc(Nc4ncc(F)cn4)nc3-c3cn[nH]c32)no1. The number of halogens is 1.